The van der Waals surface area contributed by atoms with Crippen LogP contribution in [0.5, 0.6) is 0 Å². The van der Waals surface area contributed by atoms with E-state index in [-0.39, 0.29) is 6.03 Å². The maximum Gasteiger partial charge on any atom is 0.319 e. The van der Waals surface area contributed by atoms with Crippen LogP contribution in [0.3, 0.4) is 0 Å². The van der Waals surface area contributed by atoms with Gasteiger partial charge in [-0.05, 0) is 28.1 Å². The van der Waals surface area contributed by atoms with Gasteiger partial charge >= 0.3 is 6.03 Å². The smallest absolute Gasteiger partial charge is 0.319 e. The lowest BCUT2D eigenvalue weighted by Gasteiger charge is -2.37. The molecule has 6 nitrogen and oxygen atoms in total. The van der Waals surface area contributed by atoms with Gasteiger partial charge in [-0.1, -0.05) is 0 Å². The molecule has 1 aliphatic heterocycles. The number of anilines is 1. The van der Waals surface area contributed by atoms with Crippen molar-refractivity contribution in [2.75, 3.05) is 45.2 Å². The Bertz CT molecular complexity index is 697. The predicted octanol–water partition coefficient (Wildman–Crippen LogP) is 2.20. The topological polar surface area (TPSA) is 52.6 Å². The van der Waals surface area contributed by atoms with Crippen LogP contribution in [0.25, 0.3) is 11.0 Å². The van der Waals surface area contributed by atoms with Gasteiger partial charge in [0.1, 0.15) is 5.52 Å². The number of rotatable bonds is 1. The zero-order valence-corrected chi connectivity index (χ0v) is 14.2. The van der Waals surface area contributed by atoms with Crippen molar-refractivity contribution in [3.8, 4) is 0 Å². The van der Waals surface area contributed by atoms with E-state index in [1.165, 1.54) is 0 Å². The van der Waals surface area contributed by atoms with Crippen molar-refractivity contribution in [1.29, 1.82) is 0 Å². The number of piperazine rings is 1. The molecular weight excluding hydrogens is 346 g/mol. The normalized spacial score (nSPS) is 15.2. The van der Waals surface area contributed by atoms with Gasteiger partial charge in [-0.25, -0.2) is 4.79 Å². The third-order valence-corrected chi connectivity index (χ3v) is 4.23. The van der Waals surface area contributed by atoms with E-state index in [1.807, 2.05) is 23.2 Å². The van der Waals surface area contributed by atoms with E-state index < -0.39 is 0 Å². The summed E-state index contributed by atoms with van der Waals surface area (Å²) in [5.41, 5.74) is 2.85. The van der Waals surface area contributed by atoms with Gasteiger partial charge in [0.25, 0.3) is 0 Å². The van der Waals surface area contributed by atoms with E-state index >= 15 is 0 Å². The molecule has 116 valence electrons. The Hall–Kier alpha value is -1.89. The minimum Gasteiger partial charge on any atom is -0.366 e. The van der Waals surface area contributed by atoms with Crippen LogP contribution in [-0.2, 0) is 0 Å². The Balaban J connectivity index is 1.81. The Morgan fingerprint density at radius 1 is 1.23 bits per heavy atom. The average Bonchev–Trinajstić information content (AvgIpc) is 2.53. The first-order valence-electron chi connectivity index (χ1n) is 7.17. The molecule has 1 saturated heterocycles. The largest absolute Gasteiger partial charge is 0.366 e. The molecule has 2 amide bonds. The van der Waals surface area contributed by atoms with E-state index in [2.05, 4.69) is 30.8 Å². The van der Waals surface area contributed by atoms with Gasteiger partial charge in [-0.2, -0.15) is 0 Å². The van der Waals surface area contributed by atoms with Gasteiger partial charge in [0.15, 0.2) is 0 Å². The lowest BCUT2D eigenvalue weighted by molar-refractivity contribution is 0.168. The van der Waals surface area contributed by atoms with Gasteiger partial charge in [-0.3, -0.25) is 9.97 Å². The van der Waals surface area contributed by atoms with Crippen molar-refractivity contribution in [2.24, 2.45) is 0 Å². The molecule has 0 aromatic carbocycles. The molecule has 22 heavy (non-hydrogen) atoms. The molecule has 0 bridgehead atoms. The van der Waals surface area contributed by atoms with Crippen molar-refractivity contribution in [3.63, 3.8) is 0 Å². The SMILES string of the molecule is CN(C)C(=O)N1CCN(c2ccnc3cc(Br)cnc23)CC1. The molecule has 0 unspecified atom stereocenters. The summed E-state index contributed by atoms with van der Waals surface area (Å²) in [4.78, 5) is 26.6. The molecular formula is C15H18BrN5O. The predicted molar refractivity (Wildman–Crippen MR) is 90.1 cm³/mol. The Labute approximate surface area is 137 Å². The van der Waals surface area contributed by atoms with Crippen LogP contribution in [0.2, 0.25) is 0 Å². The molecule has 7 heteroatoms. The lowest BCUT2D eigenvalue weighted by atomic mass is 10.2. The first-order valence-corrected chi connectivity index (χ1v) is 7.97. The number of nitrogens with zero attached hydrogens (tertiary/aromatic N) is 5. The van der Waals surface area contributed by atoms with Crippen molar-refractivity contribution in [3.05, 3.63) is 29.0 Å². The van der Waals surface area contributed by atoms with E-state index in [0.29, 0.717) is 0 Å². The van der Waals surface area contributed by atoms with Gasteiger partial charge in [-0.15, -0.1) is 0 Å². The number of halogens is 1. The van der Waals surface area contributed by atoms with Crippen molar-refractivity contribution < 1.29 is 4.79 Å². The summed E-state index contributed by atoms with van der Waals surface area (Å²) >= 11 is 3.43. The number of amides is 2. The molecule has 3 rings (SSSR count). The van der Waals surface area contributed by atoms with Crippen molar-refractivity contribution >= 4 is 38.7 Å². The third kappa shape index (κ3) is 2.85. The molecule has 2 aromatic heterocycles. The van der Waals surface area contributed by atoms with Gasteiger partial charge in [0.2, 0.25) is 0 Å². The van der Waals surface area contributed by atoms with Crippen LogP contribution in [0, 0.1) is 0 Å². The standard InChI is InChI=1S/C15H18BrN5O/c1-19(2)15(22)21-7-5-20(6-8-21)13-3-4-17-12-9-11(16)10-18-14(12)13/h3-4,9-10H,5-8H2,1-2H3. The first kappa shape index (κ1) is 15.0. The fourth-order valence-corrected chi connectivity index (χ4v) is 2.99. The molecule has 0 aliphatic carbocycles. The van der Waals surface area contributed by atoms with Gasteiger partial charge in [0, 0.05) is 57.1 Å². The van der Waals surface area contributed by atoms with Crippen LogP contribution < -0.4 is 4.90 Å². The number of urea groups is 1. The fraction of sp³-hybridized carbons (Fsp3) is 0.400. The molecule has 1 fully saturated rings. The number of hydrogen-bond acceptors (Lipinski definition) is 4. The summed E-state index contributed by atoms with van der Waals surface area (Å²) in [6.45, 7) is 3.04. The van der Waals surface area contributed by atoms with Crippen LogP contribution in [0.1, 0.15) is 0 Å². The average molecular weight is 364 g/mol. The summed E-state index contributed by atoms with van der Waals surface area (Å²) in [5.74, 6) is 0. The van der Waals surface area contributed by atoms with Crippen molar-refractivity contribution in [1.82, 2.24) is 19.8 Å². The van der Waals surface area contributed by atoms with Crippen LogP contribution in [0.4, 0.5) is 10.5 Å². The van der Waals surface area contributed by atoms with E-state index in [1.54, 1.807) is 25.2 Å². The highest BCUT2D eigenvalue weighted by Crippen LogP contribution is 2.26. The number of hydrogen-bond donors (Lipinski definition) is 0. The minimum absolute atomic E-state index is 0.0706. The zero-order valence-electron chi connectivity index (χ0n) is 12.7. The second-order valence-electron chi connectivity index (χ2n) is 5.50. The van der Waals surface area contributed by atoms with E-state index in [9.17, 15) is 4.79 Å². The van der Waals surface area contributed by atoms with Gasteiger partial charge in [0.05, 0.1) is 11.2 Å². The summed E-state index contributed by atoms with van der Waals surface area (Å²) in [5, 5.41) is 0. The number of carbonyl (C=O) groups is 1. The maximum absolute atomic E-state index is 12.0. The molecule has 2 aromatic rings. The molecule has 0 atom stereocenters. The minimum atomic E-state index is 0.0706. The molecule has 0 saturated carbocycles. The van der Waals surface area contributed by atoms with Crippen LogP contribution in [0.15, 0.2) is 29.0 Å². The number of fused-ring (bicyclic) bond motifs is 1. The van der Waals surface area contributed by atoms with Crippen molar-refractivity contribution in [2.45, 2.75) is 0 Å². The number of carbonyl (C=O) groups excluding carboxylic acids is 1. The monoisotopic (exact) mass is 363 g/mol. The highest BCUT2D eigenvalue weighted by Gasteiger charge is 2.23. The zero-order chi connectivity index (χ0) is 15.7. The van der Waals surface area contributed by atoms with E-state index in [4.69, 9.17) is 0 Å². The van der Waals surface area contributed by atoms with Gasteiger partial charge < -0.3 is 14.7 Å². The fourth-order valence-electron chi connectivity index (χ4n) is 2.67. The Morgan fingerprint density at radius 3 is 2.64 bits per heavy atom. The number of aromatic nitrogens is 2. The third-order valence-electron chi connectivity index (χ3n) is 3.80. The molecule has 3 heterocycles. The second kappa shape index (κ2) is 6.08. The molecule has 0 N–H and O–H groups in total. The first-order chi connectivity index (χ1) is 10.6. The highest BCUT2D eigenvalue weighted by atomic mass is 79.9. The molecule has 1 aliphatic rings. The molecule has 0 radical (unpaired) electrons. The Morgan fingerprint density at radius 2 is 1.95 bits per heavy atom. The summed E-state index contributed by atoms with van der Waals surface area (Å²) in [6, 6.07) is 4.03. The van der Waals surface area contributed by atoms with Crippen LogP contribution in [-0.4, -0.2) is 66.1 Å². The second-order valence-corrected chi connectivity index (χ2v) is 6.42. The quantitative estimate of drug-likeness (QED) is 0.779. The van der Waals surface area contributed by atoms with E-state index in [0.717, 1.165) is 47.4 Å². The van der Waals surface area contributed by atoms with Crippen LogP contribution >= 0.6 is 15.9 Å². The Kier molecular flexibility index (Phi) is 4.15. The lowest BCUT2D eigenvalue weighted by Crippen LogP contribution is -2.51. The number of pyridine rings is 2. The summed E-state index contributed by atoms with van der Waals surface area (Å²) < 4.78 is 0.922. The highest BCUT2D eigenvalue weighted by molar-refractivity contribution is 9.10. The summed E-state index contributed by atoms with van der Waals surface area (Å²) in [6.07, 6.45) is 3.60. The molecule has 0 spiro atoms. The maximum atomic E-state index is 12.0. The summed E-state index contributed by atoms with van der Waals surface area (Å²) in [7, 11) is 3.57.